The van der Waals surface area contributed by atoms with Crippen LogP contribution in [0.3, 0.4) is 0 Å². The lowest BCUT2D eigenvalue weighted by Gasteiger charge is -2.34. The normalized spacial score (nSPS) is 23.8. The SMILES string of the molecule is COCCCNC(=O)N1CCCN2CCNC(=O)C2C1. The first kappa shape index (κ1) is 15.1. The maximum atomic E-state index is 12.1. The number of piperazine rings is 1. The fourth-order valence-corrected chi connectivity index (χ4v) is 2.70. The molecular formula is C13H24N4O3. The number of methoxy groups -OCH3 is 1. The Morgan fingerprint density at radius 3 is 3.10 bits per heavy atom. The fourth-order valence-electron chi connectivity index (χ4n) is 2.70. The average Bonchev–Trinajstić information content (AvgIpc) is 2.67. The van der Waals surface area contributed by atoms with Gasteiger partial charge in [0.25, 0.3) is 0 Å². The molecule has 2 aliphatic heterocycles. The van der Waals surface area contributed by atoms with Crippen LogP contribution < -0.4 is 10.6 Å². The number of rotatable bonds is 4. The van der Waals surface area contributed by atoms with Gasteiger partial charge >= 0.3 is 6.03 Å². The van der Waals surface area contributed by atoms with Gasteiger partial charge in [-0.15, -0.1) is 0 Å². The number of fused-ring (bicyclic) bond motifs is 1. The Balaban J connectivity index is 1.85. The van der Waals surface area contributed by atoms with Crippen LogP contribution in [0.1, 0.15) is 12.8 Å². The highest BCUT2D eigenvalue weighted by molar-refractivity contribution is 5.84. The zero-order valence-corrected chi connectivity index (χ0v) is 12.1. The van der Waals surface area contributed by atoms with E-state index in [-0.39, 0.29) is 18.0 Å². The van der Waals surface area contributed by atoms with Crippen LogP contribution >= 0.6 is 0 Å². The number of nitrogens with zero attached hydrogens (tertiary/aromatic N) is 2. The topological polar surface area (TPSA) is 73.9 Å². The van der Waals surface area contributed by atoms with Crippen molar-refractivity contribution in [3.05, 3.63) is 0 Å². The van der Waals surface area contributed by atoms with Gasteiger partial charge in [-0.3, -0.25) is 9.69 Å². The smallest absolute Gasteiger partial charge is 0.317 e. The summed E-state index contributed by atoms with van der Waals surface area (Å²) in [6, 6.07) is -0.280. The third-order valence-electron chi connectivity index (χ3n) is 3.80. The van der Waals surface area contributed by atoms with Gasteiger partial charge in [0, 0.05) is 53.0 Å². The van der Waals surface area contributed by atoms with Crippen molar-refractivity contribution in [1.29, 1.82) is 0 Å². The monoisotopic (exact) mass is 284 g/mol. The first-order valence-electron chi connectivity index (χ1n) is 7.26. The van der Waals surface area contributed by atoms with Crippen molar-refractivity contribution < 1.29 is 14.3 Å². The molecular weight excluding hydrogens is 260 g/mol. The molecule has 2 rings (SSSR count). The van der Waals surface area contributed by atoms with Gasteiger partial charge in [-0.2, -0.15) is 0 Å². The van der Waals surface area contributed by atoms with Gasteiger partial charge in [-0.1, -0.05) is 0 Å². The first-order valence-corrected chi connectivity index (χ1v) is 7.26. The van der Waals surface area contributed by atoms with Crippen molar-refractivity contribution >= 4 is 11.9 Å². The molecule has 2 N–H and O–H groups in total. The summed E-state index contributed by atoms with van der Waals surface area (Å²) in [5, 5.41) is 5.75. The Morgan fingerprint density at radius 1 is 1.45 bits per heavy atom. The second-order valence-corrected chi connectivity index (χ2v) is 5.22. The first-order chi connectivity index (χ1) is 9.72. The molecule has 2 aliphatic rings. The van der Waals surface area contributed by atoms with E-state index >= 15 is 0 Å². The van der Waals surface area contributed by atoms with Gasteiger partial charge in [-0.25, -0.2) is 4.79 Å². The van der Waals surface area contributed by atoms with E-state index < -0.39 is 0 Å². The molecule has 0 radical (unpaired) electrons. The van der Waals surface area contributed by atoms with Crippen molar-refractivity contribution in [3.8, 4) is 0 Å². The van der Waals surface area contributed by atoms with Crippen molar-refractivity contribution in [1.82, 2.24) is 20.4 Å². The second kappa shape index (κ2) is 7.44. The van der Waals surface area contributed by atoms with E-state index in [9.17, 15) is 9.59 Å². The lowest BCUT2D eigenvalue weighted by molar-refractivity contribution is -0.128. The Kier molecular flexibility index (Phi) is 5.60. The van der Waals surface area contributed by atoms with Crippen LogP contribution in [0.25, 0.3) is 0 Å². The van der Waals surface area contributed by atoms with Crippen molar-refractivity contribution in [3.63, 3.8) is 0 Å². The molecule has 3 amide bonds. The highest BCUT2D eigenvalue weighted by atomic mass is 16.5. The van der Waals surface area contributed by atoms with Gasteiger partial charge in [0.15, 0.2) is 0 Å². The molecule has 1 atom stereocenters. The Morgan fingerprint density at radius 2 is 2.30 bits per heavy atom. The molecule has 114 valence electrons. The summed E-state index contributed by atoms with van der Waals surface area (Å²) in [6.07, 6.45) is 1.71. The van der Waals surface area contributed by atoms with E-state index in [1.165, 1.54) is 0 Å². The molecule has 0 aliphatic carbocycles. The van der Waals surface area contributed by atoms with Crippen molar-refractivity contribution in [2.24, 2.45) is 0 Å². The lowest BCUT2D eigenvalue weighted by atomic mass is 10.2. The minimum Gasteiger partial charge on any atom is -0.385 e. The minimum absolute atomic E-state index is 0.0373. The number of carbonyl (C=O) groups is 2. The standard InChI is InChI=1S/C13H24N4O3/c1-20-9-2-4-15-13(19)17-7-3-6-16-8-5-14-12(18)11(16)10-17/h11H,2-10H2,1H3,(H,14,18)(H,15,19). The fraction of sp³-hybridized carbons (Fsp3) is 0.846. The molecule has 0 spiro atoms. The zero-order valence-electron chi connectivity index (χ0n) is 12.1. The molecule has 0 bridgehead atoms. The zero-order chi connectivity index (χ0) is 14.4. The maximum Gasteiger partial charge on any atom is 0.317 e. The van der Waals surface area contributed by atoms with E-state index in [2.05, 4.69) is 15.5 Å². The Hall–Kier alpha value is -1.34. The average molecular weight is 284 g/mol. The van der Waals surface area contributed by atoms with Crippen LogP contribution in [0.4, 0.5) is 4.79 Å². The molecule has 2 saturated heterocycles. The summed E-state index contributed by atoms with van der Waals surface area (Å²) in [6.45, 7) is 4.88. The number of hydrogen-bond acceptors (Lipinski definition) is 4. The minimum atomic E-state index is -0.198. The van der Waals surface area contributed by atoms with Crippen molar-refractivity contribution in [2.45, 2.75) is 18.9 Å². The highest BCUT2D eigenvalue weighted by Gasteiger charge is 2.34. The van der Waals surface area contributed by atoms with Gasteiger partial charge in [0.2, 0.25) is 5.91 Å². The molecule has 0 aromatic rings. The van der Waals surface area contributed by atoms with E-state index in [0.29, 0.717) is 32.8 Å². The second-order valence-electron chi connectivity index (χ2n) is 5.22. The molecule has 2 heterocycles. The van der Waals surface area contributed by atoms with Gasteiger partial charge in [-0.05, 0) is 12.8 Å². The number of ether oxygens (including phenoxy) is 1. The van der Waals surface area contributed by atoms with Gasteiger partial charge < -0.3 is 20.3 Å². The largest absolute Gasteiger partial charge is 0.385 e. The van der Waals surface area contributed by atoms with E-state index in [1.807, 2.05) is 0 Å². The van der Waals surface area contributed by atoms with E-state index in [4.69, 9.17) is 4.74 Å². The number of hydrogen-bond donors (Lipinski definition) is 2. The third-order valence-corrected chi connectivity index (χ3v) is 3.80. The summed E-state index contributed by atoms with van der Waals surface area (Å²) in [7, 11) is 1.65. The van der Waals surface area contributed by atoms with Crippen LogP contribution in [0.2, 0.25) is 0 Å². The molecule has 1 unspecified atom stereocenters. The maximum absolute atomic E-state index is 12.1. The summed E-state index contributed by atoms with van der Waals surface area (Å²) < 4.78 is 4.95. The van der Waals surface area contributed by atoms with Crippen LogP contribution in [0, 0.1) is 0 Å². The highest BCUT2D eigenvalue weighted by Crippen LogP contribution is 2.12. The van der Waals surface area contributed by atoms with Crippen LogP contribution in [-0.2, 0) is 9.53 Å². The quantitative estimate of drug-likeness (QED) is 0.666. The molecule has 7 heteroatoms. The van der Waals surface area contributed by atoms with Gasteiger partial charge in [0.05, 0.1) is 0 Å². The van der Waals surface area contributed by atoms with Crippen LogP contribution in [0.15, 0.2) is 0 Å². The number of nitrogens with one attached hydrogen (secondary N) is 2. The summed E-state index contributed by atoms with van der Waals surface area (Å²) in [4.78, 5) is 28.0. The summed E-state index contributed by atoms with van der Waals surface area (Å²) >= 11 is 0. The van der Waals surface area contributed by atoms with Gasteiger partial charge in [0.1, 0.15) is 6.04 Å². The Labute approximate surface area is 119 Å². The van der Waals surface area contributed by atoms with Crippen LogP contribution in [-0.4, -0.2) is 80.8 Å². The third kappa shape index (κ3) is 3.83. The predicted octanol–water partition coefficient (Wildman–Crippen LogP) is -0.761. The lowest BCUT2D eigenvalue weighted by Crippen LogP contribution is -2.58. The molecule has 0 aromatic heterocycles. The van der Waals surface area contributed by atoms with E-state index in [1.54, 1.807) is 12.0 Å². The van der Waals surface area contributed by atoms with Crippen molar-refractivity contribution in [2.75, 3.05) is 53.0 Å². The molecule has 7 nitrogen and oxygen atoms in total. The molecule has 0 aromatic carbocycles. The summed E-state index contributed by atoms with van der Waals surface area (Å²) in [5.74, 6) is 0.0373. The predicted molar refractivity (Wildman–Crippen MR) is 74.5 cm³/mol. The summed E-state index contributed by atoms with van der Waals surface area (Å²) in [5.41, 5.74) is 0. The number of carbonyl (C=O) groups excluding carboxylic acids is 2. The Bertz CT molecular complexity index is 351. The van der Waals surface area contributed by atoms with E-state index in [0.717, 1.165) is 25.9 Å². The van der Waals surface area contributed by atoms with Crippen LogP contribution in [0.5, 0.6) is 0 Å². The molecule has 2 fully saturated rings. The number of amides is 3. The molecule has 20 heavy (non-hydrogen) atoms. The number of urea groups is 1. The molecule has 0 saturated carbocycles.